The third-order valence-electron chi connectivity index (χ3n) is 2.53. The zero-order valence-electron chi connectivity index (χ0n) is 10.5. The monoisotopic (exact) mass is 216 g/mol. The van der Waals surface area contributed by atoms with Crippen LogP contribution in [0.1, 0.15) is 34.1 Å². The molecule has 15 heavy (non-hydrogen) atoms. The zero-order valence-corrected chi connectivity index (χ0v) is 10.5. The van der Waals surface area contributed by atoms with Gasteiger partial charge in [0.15, 0.2) is 0 Å². The van der Waals surface area contributed by atoms with E-state index < -0.39 is 6.04 Å². The van der Waals surface area contributed by atoms with Gasteiger partial charge in [-0.2, -0.15) is 0 Å². The van der Waals surface area contributed by atoms with E-state index in [9.17, 15) is 4.79 Å². The second-order valence-corrected chi connectivity index (χ2v) is 4.72. The second kappa shape index (κ2) is 6.08. The van der Waals surface area contributed by atoms with Crippen LogP contribution in [0.3, 0.4) is 0 Å². The number of ether oxygens (including phenoxy) is 1. The van der Waals surface area contributed by atoms with E-state index in [0.29, 0.717) is 6.61 Å². The molecule has 0 aliphatic rings. The molecule has 3 N–H and O–H groups in total. The summed E-state index contributed by atoms with van der Waals surface area (Å²) >= 11 is 0. The molecule has 2 atom stereocenters. The quantitative estimate of drug-likeness (QED) is 0.693. The Hall–Kier alpha value is -0.610. The fraction of sp³-hybridized carbons (Fsp3) is 0.909. The number of nitrogens with two attached hydrogens (primary N) is 1. The van der Waals surface area contributed by atoms with Gasteiger partial charge in [-0.1, -0.05) is 20.3 Å². The van der Waals surface area contributed by atoms with E-state index in [0.717, 1.165) is 6.42 Å². The lowest BCUT2D eigenvalue weighted by molar-refractivity contribution is -0.125. The van der Waals surface area contributed by atoms with Gasteiger partial charge in [-0.15, -0.1) is 0 Å². The molecule has 0 radical (unpaired) electrons. The maximum atomic E-state index is 11.7. The Labute approximate surface area is 92.6 Å². The first-order valence-electron chi connectivity index (χ1n) is 5.40. The number of amides is 1. The maximum Gasteiger partial charge on any atom is 0.237 e. The van der Waals surface area contributed by atoms with E-state index in [4.69, 9.17) is 10.5 Å². The van der Waals surface area contributed by atoms with Crippen molar-refractivity contribution < 1.29 is 9.53 Å². The summed E-state index contributed by atoms with van der Waals surface area (Å²) in [5, 5.41) is 2.88. The summed E-state index contributed by atoms with van der Waals surface area (Å²) < 4.78 is 5.02. The van der Waals surface area contributed by atoms with Crippen molar-refractivity contribution in [3.05, 3.63) is 0 Å². The molecule has 0 bridgehead atoms. The van der Waals surface area contributed by atoms with E-state index in [1.807, 2.05) is 27.7 Å². The summed E-state index contributed by atoms with van der Waals surface area (Å²) in [4.78, 5) is 11.7. The summed E-state index contributed by atoms with van der Waals surface area (Å²) in [5.41, 5.74) is 5.46. The van der Waals surface area contributed by atoms with E-state index in [1.165, 1.54) is 0 Å². The Morgan fingerprint density at radius 1 is 1.53 bits per heavy atom. The van der Waals surface area contributed by atoms with Crippen molar-refractivity contribution in [3.8, 4) is 0 Å². The third kappa shape index (κ3) is 5.14. The Bertz CT molecular complexity index is 205. The molecule has 0 aliphatic carbocycles. The molecule has 90 valence electrons. The van der Waals surface area contributed by atoms with Crippen LogP contribution in [-0.4, -0.2) is 31.2 Å². The lowest BCUT2D eigenvalue weighted by atomic mass is 9.98. The van der Waals surface area contributed by atoms with Crippen molar-refractivity contribution in [2.75, 3.05) is 13.7 Å². The smallest absolute Gasteiger partial charge is 0.237 e. The molecule has 0 aromatic carbocycles. The third-order valence-corrected chi connectivity index (χ3v) is 2.53. The zero-order chi connectivity index (χ0) is 12.1. The van der Waals surface area contributed by atoms with Crippen molar-refractivity contribution in [2.45, 2.75) is 45.7 Å². The number of rotatable bonds is 6. The minimum absolute atomic E-state index is 0.105. The Morgan fingerprint density at radius 2 is 2.07 bits per heavy atom. The standard InChI is InChI=1S/C11H24N2O2/c1-6-8(2)9(12)10(14)13-11(3,4)7-15-5/h8-9H,6-7,12H2,1-5H3,(H,13,14). The number of hydrogen-bond acceptors (Lipinski definition) is 3. The van der Waals surface area contributed by atoms with Crippen molar-refractivity contribution in [1.29, 1.82) is 0 Å². The van der Waals surface area contributed by atoms with Crippen molar-refractivity contribution in [1.82, 2.24) is 5.32 Å². The summed E-state index contributed by atoms with van der Waals surface area (Å²) in [5.74, 6) is 0.0924. The first-order valence-corrected chi connectivity index (χ1v) is 5.40. The minimum atomic E-state index is -0.439. The Kier molecular flexibility index (Phi) is 5.83. The molecule has 0 spiro atoms. The number of methoxy groups -OCH3 is 1. The molecular formula is C11H24N2O2. The molecule has 2 unspecified atom stereocenters. The van der Waals surface area contributed by atoms with Gasteiger partial charge in [0.25, 0.3) is 0 Å². The normalized spacial score (nSPS) is 15.9. The van der Waals surface area contributed by atoms with Crippen LogP contribution in [0, 0.1) is 5.92 Å². The lowest BCUT2D eigenvalue weighted by Crippen LogP contribution is -2.54. The van der Waals surface area contributed by atoms with Gasteiger partial charge in [-0.25, -0.2) is 0 Å². The topological polar surface area (TPSA) is 64.4 Å². The van der Waals surface area contributed by atoms with E-state index in [2.05, 4.69) is 5.32 Å². The fourth-order valence-electron chi connectivity index (χ4n) is 1.33. The average Bonchev–Trinajstić information content (AvgIpc) is 2.14. The van der Waals surface area contributed by atoms with Crippen LogP contribution in [0.2, 0.25) is 0 Å². The second-order valence-electron chi connectivity index (χ2n) is 4.72. The summed E-state index contributed by atoms with van der Waals surface area (Å²) in [6.45, 7) is 8.31. The van der Waals surface area contributed by atoms with Crippen LogP contribution in [0.5, 0.6) is 0 Å². The van der Waals surface area contributed by atoms with E-state index in [-0.39, 0.29) is 17.4 Å². The molecule has 0 rings (SSSR count). The summed E-state index contributed by atoms with van der Waals surface area (Å²) in [6, 6.07) is -0.439. The van der Waals surface area contributed by atoms with Crippen molar-refractivity contribution in [2.24, 2.45) is 11.7 Å². The number of hydrogen-bond donors (Lipinski definition) is 2. The van der Waals surface area contributed by atoms with Crippen LogP contribution < -0.4 is 11.1 Å². The average molecular weight is 216 g/mol. The minimum Gasteiger partial charge on any atom is -0.382 e. The molecular weight excluding hydrogens is 192 g/mol. The molecule has 0 aromatic heterocycles. The number of carbonyl (C=O) groups excluding carboxylic acids is 1. The molecule has 0 heterocycles. The van der Waals surface area contributed by atoms with Crippen molar-refractivity contribution >= 4 is 5.91 Å². The van der Waals surface area contributed by atoms with Crippen LogP contribution in [0.25, 0.3) is 0 Å². The van der Waals surface area contributed by atoms with E-state index in [1.54, 1.807) is 7.11 Å². The molecule has 0 fully saturated rings. The molecule has 4 heteroatoms. The van der Waals surface area contributed by atoms with Gasteiger partial charge in [-0.3, -0.25) is 4.79 Å². The Morgan fingerprint density at radius 3 is 2.47 bits per heavy atom. The van der Waals surface area contributed by atoms with Gasteiger partial charge in [0.1, 0.15) is 0 Å². The summed E-state index contributed by atoms with van der Waals surface area (Å²) in [6.07, 6.45) is 0.902. The molecule has 0 saturated carbocycles. The molecule has 1 amide bonds. The van der Waals surface area contributed by atoms with Gasteiger partial charge in [-0.05, 0) is 19.8 Å². The number of carbonyl (C=O) groups is 1. The van der Waals surface area contributed by atoms with Gasteiger partial charge in [0, 0.05) is 7.11 Å². The molecule has 0 aromatic rings. The first kappa shape index (κ1) is 14.4. The van der Waals surface area contributed by atoms with Crippen LogP contribution in [-0.2, 0) is 9.53 Å². The number of nitrogens with one attached hydrogen (secondary N) is 1. The fourth-order valence-corrected chi connectivity index (χ4v) is 1.33. The van der Waals surface area contributed by atoms with Gasteiger partial charge >= 0.3 is 0 Å². The highest BCUT2D eigenvalue weighted by Gasteiger charge is 2.26. The van der Waals surface area contributed by atoms with Gasteiger partial charge in [0.2, 0.25) is 5.91 Å². The SMILES string of the molecule is CCC(C)C(N)C(=O)NC(C)(C)COC. The molecule has 0 saturated heterocycles. The highest BCUT2D eigenvalue weighted by molar-refractivity contribution is 5.82. The van der Waals surface area contributed by atoms with Gasteiger partial charge in [0.05, 0.1) is 18.2 Å². The van der Waals surface area contributed by atoms with Crippen LogP contribution in [0.4, 0.5) is 0 Å². The highest BCUT2D eigenvalue weighted by atomic mass is 16.5. The predicted molar refractivity (Wildman–Crippen MR) is 61.5 cm³/mol. The molecule has 0 aliphatic heterocycles. The highest BCUT2D eigenvalue weighted by Crippen LogP contribution is 2.08. The molecule has 4 nitrogen and oxygen atoms in total. The van der Waals surface area contributed by atoms with Gasteiger partial charge < -0.3 is 15.8 Å². The van der Waals surface area contributed by atoms with Crippen LogP contribution >= 0.6 is 0 Å². The predicted octanol–water partition coefficient (Wildman–Crippen LogP) is 0.901. The van der Waals surface area contributed by atoms with Crippen LogP contribution in [0.15, 0.2) is 0 Å². The summed E-state index contributed by atoms with van der Waals surface area (Å²) in [7, 11) is 1.61. The largest absolute Gasteiger partial charge is 0.382 e. The van der Waals surface area contributed by atoms with Crippen molar-refractivity contribution in [3.63, 3.8) is 0 Å². The lowest BCUT2D eigenvalue weighted by Gasteiger charge is -2.28. The maximum absolute atomic E-state index is 11.7. The Balaban J connectivity index is 4.23. The van der Waals surface area contributed by atoms with E-state index >= 15 is 0 Å². The first-order chi connectivity index (χ1) is 6.84.